The van der Waals surface area contributed by atoms with Crippen molar-refractivity contribution in [1.29, 1.82) is 0 Å². The van der Waals surface area contributed by atoms with Crippen LogP contribution in [-0.2, 0) is 6.61 Å². The van der Waals surface area contributed by atoms with Gasteiger partial charge in [-0.15, -0.1) is 0 Å². The van der Waals surface area contributed by atoms with Crippen molar-refractivity contribution in [1.82, 2.24) is 4.98 Å². The first kappa shape index (κ1) is 13.1. The third-order valence-corrected chi connectivity index (χ3v) is 3.77. The maximum Gasteiger partial charge on any atom is 0.133 e. The highest BCUT2D eigenvalue weighted by Crippen LogP contribution is 2.26. The Balaban J connectivity index is 1.73. The standard InChI is InChI=1S/C16H14BrNO2/c1-19-16-5-2-11(8-14(16)17)10-20-13-3-4-15-12(9-13)6-7-18-15/h2-9,18H,10H2,1H3. The lowest BCUT2D eigenvalue weighted by Gasteiger charge is -2.08. The Bertz CT molecular complexity index is 736. The van der Waals surface area contributed by atoms with Gasteiger partial charge in [-0.25, -0.2) is 0 Å². The Hall–Kier alpha value is -1.94. The number of hydrogen-bond acceptors (Lipinski definition) is 2. The normalized spacial score (nSPS) is 10.7. The van der Waals surface area contributed by atoms with Gasteiger partial charge in [0.05, 0.1) is 11.6 Å². The van der Waals surface area contributed by atoms with Crippen molar-refractivity contribution in [3.8, 4) is 11.5 Å². The summed E-state index contributed by atoms with van der Waals surface area (Å²) in [6, 6.07) is 14.0. The third-order valence-electron chi connectivity index (χ3n) is 3.15. The predicted molar refractivity (Wildman–Crippen MR) is 83.3 cm³/mol. The van der Waals surface area contributed by atoms with E-state index < -0.39 is 0 Å². The van der Waals surface area contributed by atoms with E-state index in [0.717, 1.165) is 32.4 Å². The Morgan fingerprint density at radius 3 is 2.80 bits per heavy atom. The third kappa shape index (κ3) is 2.65. The molecular weight excluding hydrogens is 318 g/mol. The Morgan fingerprint density at radius 1 is 1.10 bits per heavy atom. The molecule has 0 aliphatic heterocycles. The largest absolute Gasteiger partial charge is 0.496 e. The molecule has 0 atom stereocenters. The fraction of sp³-hybridized carbons (Fsp3) is 0.125. The molecule has 0 aliphatic carbocycles. The number of aromatic amines is 1. The summed E-state index contributed by atoms with van der Waals surface area (Å²) in [6.45, 7) is 0.526. The topological polar surface area (TPSA) is 34.2 Å². The molecular formula is C16H14BrNO2. The van der Waals surface area contributed by atoms with Crippen molar-refractivity contribution in [2.24, 2.45) is 0 Å². The number of methoxy groups -OCH3 is 1. The molecule has 1 N–H and O–H groups in total. The second-order valence-electron chi connectivity index (χ2n) is 4.48. The lowest BCUT2D eigenvalue weighted by Crippen LogP contribution is -1.96. The van der Waals surface area contributed by atoms with Crippen LogP contribution in [0.2, 0.25) is 0 Å². The molecule has 0 saturated carbocycles. The lowest BCUT2D eigenvalue weighted by molar-refractivity contribution is 0.306. The number of hydrogen-bond donors (Lipinski definition) is 1. The first-order valence-electron chi connectivity index (χ1n) is 6.28. The molecule has 20 heavy (non-hydrogen) atoms. The predicted octanol–water partition coefficient (Wildman–Crippen LogP) is 4.52. The molecule has 1 heterocycles. The quantitative estimate of drug-likeness (QED) is 0.762. The second-order valence-corrected chi connectivity index (χ2v) is 5.34. The molecule has 3 nitrogen and oxygen atoms in total. The smallest absolute Gasteiger partial charge is 0.133 e. The van der Waals surface area contributed by atoms with Gasteiger partial charge < -0.3 is 14.5 Å². The number of ether oxygens (including phenoxy) is 2. The molecule has 0 fully saturated rings. The zero-order valence-electron chi connectivity index (χ0n) is 11.0. The molecule has 3 aromatic rings. The summed E-state index contributed by atoms with van der Waals surface area (Å²) in [5.41, 5.74) is 2.20. The minimum absolute atomic E-state index is 0.526. The average molecular weight is 332 g/mol. The van der Waals surface area contributed by atoms with E-state index in [4.69, 9.17) is 9.47 Å². The van der Waals surface area contributed by atoms with Crippen LogP contribution in [0.25, 0.3) is 10.9 Å². The van der Waals surface area contributed by atoms with Crippen LogP contribution in [0.1, 0.15) is 5.56 Å². The van der Waals surface area contributed by atoms with Crippen molar-refractivity contribution >= 4 is 26.8 Å². The van der Waals surface area contributed by atoms with E-state index in [9.17, 15) is 0 Å². The van der Waals surface area contributed by atoms with E-state index in [2.05, 4.69) is 20.9 Å². The number of rotatable bonds is 4. The molecule has 0 aliphatic rings. The van der Waals surface area contributed by atoms with E-state index in [-0.39, 0.29) is 0 Å². The summed E-state index contributed by atoms with van der Waals surface area (Å²) in [5.74, 6) is 1.69. The molecule has 4 heteroatoms. The molecule has 0 bridgehead atoms. The minimum atomic E-state index is 0.526. The summed E-state index contributed by atoms with van der Waals surface area (Å²) in [7, 11) is 1.66. The minimum Gasteiger partial charge on any atom is -0.496 e. The van der Waals surface area contributed by atoms with Gasteiger partial charge >= 0.3 is 0 Å². The summed E-state index contributed by atoms with van der Waals surface area (Å²) < 4.78 is 12.0. The van der Waals surface area contributed by atoms with Gasteiger partial charge in [-0.2, -0.15) is 0 Å². The molecule has 0 radical (unpaired) electrons. The van der Waals surface area contributed by atoms with E-state index >= 15 is 0 Å². The van der Waals surface area contributed by atoms with Crippen LogP contribution in [0.5, 0.6) is 11.5 Å². The average Bonchev–Trinajstić information content (AvgIpc) is 2.92. The van der Waals surface area contributed by atoms with Gasteiger partial charge in [0, 0.05) is 17.1 Å². The van der Waals surface area contributed by atoms with Gasteiger partial charge in [0.2, 0.25) is 0 Å². The highest BCUT2D eigenvalue weighted by Gasteiger charge is 2.03. The van der Waals surface area contributed by atoms with E-state index in [1.807, 2.05) is 48.7 Å². The summed E-state index contributed by atoms with van der Waals surface area (Å²) >= 11 is 3.48. The SMILES string of the molecule is COc1ccc(COc2ccc3[nH]ccc3c2)cc1Br. The second kappa shape index (κ2) is 5.59. The zero-order valence-corrected chi connectivity index (χ0v) is 12.6. The first-order valence-corrected chi connectivity index (χ1v) is 7.08. The molecule has 102 valence electrons. The van der Waals surface area contributed by atoms with Crippen LogP contribution < -0.4 is 9.47 Å². The van der Waals surface area contributed by atoms with Gasteiger partial charge in [0.15, 0.2) is 0 Å². The molecule has 2 aromatic carbocycles. The van der Waals surface area contributed by atoms with Gasteiger partial charge in [0.1, 0.15) is 18.1 Å². The van der Waals surface area contributed by atoms with Crippen molar-refractivity contribution in [2.75, 3.05) is 7.11 Å². The van der Waals surface area contributed by atoms with Crippen LogP contribution in [0.4, 0.5) is 0 Å². The van der Waals surface area contributed by atoms with Crippen molar-refractivity contribution in [3.05, 3.63) is 58.7 Å². The lowest BCUT2D eigenvalue weighted by atomic mass is 10.2. The maximum absolute atomic E-state index is 5.82. The zero-order chi connectivity index (χ0) is 13.9. The first-order chi connectivity index (χ1) is 9.76. The van der Waals surface area contributed by atoms with Crippen molar-refractivity contribution < 1.29 is 9.47 Å². The van der Waals surface area contributed by atoms with Gasteiger partial charge in [-0.05, 0) is 57.9 Å². The highest BCUT2D eigenvalue weighted by molar-refractivity contribution is 9.10. The van der Waals surface area contributed by atoms with E-state index in [0.29, 0.717) is 6.61 Å². The Labute approximate surface area is 125 Å². The van der Waals surface area contributed by atoms with Crippen LogP contribution in [0, 0.1) is 0 Å². The molecule has 0 saturated heterocycles. The molecule has 0 amide bonds. The van der Waals surface area contributed by atoms with E-state index in [1.165, 1.54) is 0 Å². The van der Waals surface area contributed by atoms with E-state index in [1.54, 1.807) is 7.11 Å². The van der Waals surface area contributed by atoms with Gasteiger partial charge in [0.25, 0.3) is 0 Å². The van der Waals surface area contributed by atoms with Crippen LogP contribution in [0.3, 0.4) is 0 Å². The fourth-order valence-electron chi connectivity index (χ4n) is 2.09. The monoisotopic (exact) mass is 331 g/mol. The number of fused-ring (bicyclic) bond motifs is 1. The summed E-state index contributed by atoms with van der Waals surface area (Å²) in [5, 5.41) is 1.15. The summed E-state index contributed by atoms with van der Waals surface area (Å²) in [6.07, 6.45) is 1.93. The number of benzene rings is 2. The van der Waals surface area contributed by atoms with Gasteiger partial charge in [-0.3, -0.25) is 0 Å². The molecule has 3 rings (SSSR count). The molecule has 0 unspecified atom stereocenters. The number of nitrogens with one attached hydrogen (secondary N) is 1. The Morgan fingerprint density at radius 2 is 2.00 bits per heavy atom. The van der Waals surface area contributed by atoms with Gasteiger partial charge in [-0.1, -0.05) is 6.07 Å². The fourth-order valence-corrected chi connectivity index (χ4v) is 2.68. The molecule has 1 aromatic heterocycles. The number of H-pyrrole nitrogens is 1. The number of aromatic nitrogens is 1. The summed E-state index contributed by atoms with van der Waals surface area (Å²) in [4.78, 5) is 3.17. The van der Waals surface area contributed by atoms with Crippen LogP contribution >= 0.6 is 15.9 Å². The molecule has 0 spiro atoms. The van der Waals surface area contributed by atoms with Crippen molar-refractivity contribution in [2.45, 2.75) is 6.61 Å². The highest BCUT2D eigenvalue weighted by atomic mass is 79.9. The van der Waals surface area contributed by atoms with Crippen molar-refractivity contribution in [3.63, 3.8) is 0 Å². The van der Waals surface area contributed by atoms with Crippen LogP contribution in [-0.4, -0.2) is 12.1 Å². The maximum atomic E-state index is 5.82. The number of halogens is 1. The Kier molecular flexibility index (Phi) is 3.65. The van der Waals surface area contributed by atoms with Crippen LogP contribution in [0.15, 0.2) is 53.1 Å².